The maximum absolute atomic E-state index is 12.5. The average Bonchev–Trinajstić information content (AvgIpc) is 3.10. The topological polar surface area (TPSA) is 96.7 Å². The molecule has 2 N–H and O–H groups in total. The number of hydrogen-bond acceptors (Lipinski definition) is 5. The van der Waals surface area contributed by atoms with Crippen LogP contribution in [0.5, 0.6) is 0 Å². The van der Waals surface area contributed by atoms with E-state index in [1.807, 2.05) is 0 Å². The van der Waals surface area contributed by atoms with Crippen molar-refractivity contribution in [3.63, 3.8) is 0 Å². The van der Waals surface area contributed by atoms with Gasteiger partial charge in [-0.05, 0) is 36.4 Å². The van der Waals surface area contributed by atoms with Crippen molar-refractivity contribution < 1.29 is 18.1 Å². The first-order valence-electron chi connectivity index (χ1n) is 7.90. The van der Waals surface area contributed by atoms with Crippen LogP contribution >= 0.6 is 0 Å². The van der Waals surface area contributed by atoms with Crippen LogP contribution in [-0.4, -0.2) is 26.6 Å². The van der Waals surface area contributed by atoms with Crippen molar-refractivity contribution in [3.05, 3.63) is 70.0 Å². The number of nitrogens with zero attached hydrogens (tertiary/aromatic N) is 3. The Morgan fingerprint density at radius 1 is 1.07 bits per heavy atom. The third-order valence-electron chi connectivity index (χ3n) is 3.77. The van der Waals surface area contributed by atoms with E-state index in [9.17, 15) is 23.3 Å². The number of H-pyrrole nitrogens is 1. The van der Waals surface area contributed by atoms with Crippen LogP contribution in [-0.2, 0) is 12.6 Å². The summed E-state index contributed by atoms with van der Waals surface area (Å²) >= 11 is 0. The number of benzene rings is 2. The third-order valence-corrected chi connectivity index (χ3v) is 3.77. The fraction of sp³-hybridized carbons (Fsp3) is 0.176. The highest BCUT2D eigenvalue weighted by Crippen LogP contribution is 2.29. The quantitative estimate of drug-likeness (QED) is 0.499. The largest absolute Gasteiger partial charge is 0.416 e. The Morgan fingerprint density at radius 3 is 2.33 bits per heavy atom. The fourth-order valence-electron chi connectivity index (χ4n) is 2.37. The molecule has 0 spiro atoms. The maximum atomic E-state index is 12.5. The minimum atomic E-state index is -4.35. The minimum absolute atomic E-state index is 0.0183. The lowest BCUT2D eigenvalue weighted by Crippen LogP contribution is -2.07. The minimum Gasteiger partial charge on any atom is -0.385 e. The van der Waals surface area contributed by atoms with Gasteiger partial charge in [0.05, 0.1) is 10.5 Å². The molecule has 0 saturated heterocycles. The first-order valence-corrected chi connectivity index (χ1v) is 7.90. The Bertz CT molecular complexity index is 921. The molecule has 3 rings (SSSR count). The molecule has 0 aliphatic heterocycles. The molecule has 1 heterocycles. The summed E-state index contributed by atoms with van der Waals surface area (Å²) < 4.78 is 37.6. The van der Waals surface area contributed by atoms with Gasteiger partial charge in [-0.1, -0.05) is 0 Å². The van der Waals surface area contributed by atoms with E-state index in [4.69, 9.17) is 0 Å². The molecule has 27 heavy (non-hydrogen) atoms. The number of nitro benzene ring substituents is 1. The Balaban J connectivity index is 1.56. The Hall–Kier alpha value is -3.43. The summed E-state index contributed by atoms with van der Waals surface area (Å²) in [4.78, 5) is 14.5. The molecule has 2 aromatic carbocycles. The summed E-state index contributed by atoms with van der Waals surface area (Å²) in [6.45, 7) is 0.445. The van der Waals surface area contributed by atoms with Crippen LogP contribution in [0.15, 0.2) is 48.5 Å². The van der Waals surface area contributed by atoms with E-state index < -0.39 is 16.7 Å². The molecule has 0 aliphatic carbocycles. The summed E-state index contributed by atoms with van der Waals surface area (Å²) in [6, 6.07) is 10.6. The normalized spacial score (nSPS) is 11.4. The smallest absolute Gasteiger partial charge is 0.385 e. The number of alkyl halides is 3. The summed E-state index contributed by atoms with van der Waals surface area (Å²) in [7, 11) is 0. The molecule has 10 heteroatoms. The highest BCUT2D eigenvalue weighted by Gasteiger charge is 2.29. The molecule has 0 fully saturated rings. The lowest BCUT2D eigenvalue weighted by Gasteiger charge is -2.08. The summed E-state index contributed by atoms with van der Waals surface area (Å²) in [5, 5.41) is 20.5. The standard InChI is InChI=1S/C17H14F3N5O2/c18-17(19,20)12-3-5-13(6-4-12)21-10-9-15-22-16(24-23-15)11-1-7-14(8-2-11)25(26)27/h1-8,21H,9-10H2,(H,22,23,24). The molecule has 0 amide bonds. The van der Waals surface area contributed by atoms with Gasteiger partial charge >= 0.3 is 6.18 Å². The Morgan fingerprint density at radius 2 is 1.74 bits per heavy atom. The van der Waals surface area contributed by atoms with E-state index in [1.165, 1.54) is 24.3 Å². The van der Waals surface area contributed by atoms with Crippen LogP contribution in [0.1, 0.15) is 11.4 Å². The van der Waals surface area contributed by atoms with E-state index in [2.05, 4.69) is 20.5 Å². The number of nitrogens with one attached hydrogen (secondary N) is 2. The molecule has 0 atom stereocenters. The van der Waals surface area contributed by atoms with Crippen LogP contribution < -0.4 is 5.32 Å². The monoisotopic (exact) mass is 377 g/mol. The van der Waals surface area contributed by atoms with Gasteiger partial charge in [0.2, 0.25) is 0 Å². The molecule has 0 bridgehead atoms. The molecule has 1 aromatic heterocycles. The van der Waals surface area contributed by atoms with Gasteiger partial charge in [-0.15, -0.1) is 0 Å². The molecular formula is C17H14F3N5O2. The van der Waals surface area contributed by atoms with Crippen molar-refractivity contribution in [2.75, 3.05) is 11.9 Å². The van der Waals surface area contributed by atoms with Gasteiger partial charge in [0.1, 0.15) is 5.82 Å². The van der Waals surface area contributed by atoms with Gasteiger partial charge in [0, 0.05) is 36.3 Å². The molecule has 0 saturated carbocycles. The van der Waals surface area contributed by atoms with E-state index in [0.717, 1.165) is 12.1 Å². The van der Waals surface area contributed by atoms with Crippen molar-refractivity contribution in [1.29, 1.82) is 0 Å². The zero-order valence-corrected chi connectivity index (χ0v) is 13.8. The number of anilines is 1. The number of hydrogen-bond donors (Lipinski definition) is 2. The molecule has 0 unspecified atom stereocenters. The van der Waals surface area contributed by atoms with Crippen LogP contribution in [0.3, 0.4) is 0 Å². The Kier molecular flexibility index (Phi) is 5.06. The van der Waals surface area contributed by atoms with Gasteiger partial charge in [-0.2, -0.15) is 18.3 Å². The van der Waals surface area contributed by atoms with Crippen LogP contribution in [0, 0.1) is 10.1 Å². The van der Waals surface area contributed by atoms with Gasteiger partial charge in [0.15, 0.2) is 5.82 Å². The van der Waals surface area contributed by atoms with E-state index >= 15 is 0 Å². The predicted octanol–water partition coefficient (Wildman–Crippen LogP) is 4.05. The molecule has 7 nitrogen and oxygen atoms in total. The summed E-state index contributed by atoms with van der Waals surface area (Å²) in [5.74, 6) is 0.997. The van der Waals surface area contributed by atoms with Gasteiger partial charge in [0.25, 0.3) is 5.69 Å². The summed E-state index contributed by atoms with van der Waals surface area (Å²) in [5.41, 5.74) is 0.489. The highest BCUT2D eigenvalue weighted by molar-refractivity contribution is 5.56. The van der Waals surface area contributed by atoms with Crippen molar-refractivity contribution in [2.24, 2.45) is 0 Å². The lowest BCUT2D eigenvalue weighted by molar-refractivity contribution is -0.384. The number of aromatic amines is 1. The number of halogens is 3. The molecule has 3 aromatic rings. The van der Waals surface area contributed by atoms with Crippen LogP contribution in [0.25, 0.3) is 11.4 Å². The first-order chi connectivity index (χ1) is 12.8. The fourth-order valence-corrected chi connectivity index (χ4v) is 2.37. The van der Waals surface area contributed by atoms with Crippen LogP contribution in [0.4, 0.5) is 24.5 Å². The second-order valence-corrected chi connectivity index (χ2v) is 5.66. The molecule has 140 valence electrons. The maximum Gasteiger partial charge on any atom is 0.416 e. The van der Waals surface area contributed by atoms with E-state index in [-0.39, 0.29) is 5.69 Å². The second kappa shape index (κ2) is 7.44. The number of non-ortho nitro benzene ring substituents is 1. The Labute approximate surface area is 151 Å². The van der Waals surface area contributed by atoms with Crippen molar-refractivity contribution in [3.8, 4) is 11.4 Å². The van der Waals surface area contributed by atoms with Gasteiger partial charge in [-0.25, -0.2) is 4.98 Å². The van der Waals surface area contributed by atoms with Crippen molar-refractivity contribution >= 4 is 11.4 Å². The van der Waals surface area contributed by atoms with E-state index in [1.54, 1.807) is 12.1 Å². The SMILES string of the molecule is O=[N+]([O-])c1ccc(-c2n[nH]c(CCNc3ccc(C(F)(F)F)cc3)n2)cc1. The van der Waals surface area contributed by atoms with E-state index in [0.29, 0.717) is 35.9 Å². The number of rotatable bonds is 6. The van der Waals surface area contributed by atoms with Gasteiger partial charge < -0.3 is 5.32 Å². The first kappa shape index (κ1) is 18.4. The predicted molar refractivity (Wildman–Crippen MR) is 92.1 cm³/mol. The second-order valence-electron chi connectivity index (χ2n) is 5.66. The molecule has 0 aliphatic rings. The summed E-state index contributed by atoms with van der Waals surface area (Å²) in [6.07, 6.45) is -3.88. The zero-order chi connectivity index (χ0) is 19.4. The highest BCUT2D eigenvalue weighted by atomic mass is 19.4. The molecular weight excluding hydrogens is 363 g/mol. The van der Waals surface area contributed by atoms with Crippen molar-refractivity contribution in [1.82, 2.24) is 15.2 Å². The van der Waals surface area contributed by atoms with Crippen LogP contribution in [0.2, 0.25) is 0 Å². The molecule has 0 radical (unpaired) electrons. The lowest BCUT2D eigenvalue weighted by atomic mass is 10.2. The third kappa shape index (κ3) is 4.60. The average molecular weight is 377 g/mol. The zero-order valence-electron chi connectivity index (χ0n) is 13.8. The number of aromatic nitrogens is 3. The number of nitro groups is 1. The van der Waals surface area contributed by atoms with Gasteiger partial charge in [-0.3, -0.25) is 15.2 Å². The van der Waals surface area contributed by atoms with Crippen molar-refractivity contribution in [2.45, 2.75) is 12.6 Å².